The predicted octanol–water partition coefficient (Wildman–Crippen LogP) is 1.92. The molecule has 1 amide bonds. The van der Waals surface area contributed by atoms with Crippen molar-refractivity contribution in [3.05, 3.63) is 0 Å². The van der Waals surface area contributed by atoms with Gasteiger partial charge in [-0.05, 0) is 38.6 Å². The SMILES string of the molecule is CCCNC1CCCC1SCC(=O)NC1CC1. The van der Waals surface area contributed by atoms with Crippen LogP contribution in [0.15, 0.2) is 0 Å². The molecule has 0 saturated heterocycles. The van der Waals surface area contributed by atoms with Gasteiger partial charge in [-0.15, -0.1) is 11.8 Å². The first-order valence-electron chi connectivity index (χ1n) is 6.94. The predicted molar refractivity (Wildman–Crippen MR) is 73.3 cm³/mol. The quantitative estimate of drug-likeness (QED) is 0.731. The minimum Gasteiger partial charge on any atom is -0.353 e. The third-order valence-corrected chi connectivity index (χ3v) is 4.90. The molecule has 2 rings (SSSR count). The first kappa shape index (κ1) is 13.2. The third kappa shape index (κ3) is 4.51. The highest BCUT2D eigenvalue weighted by Crippen LogP contribution is 2.30. The summed E-state index contributed by atoms with van der Waals surface area (Å²) in [6.45, 7) is 3.31. The Morgan fingerprint density at radius 1 is 1.29 bits per heavy atom. The number of carbonyl (C=O) groups excluding carboxylic acids is 1. The highest BCUT2D eigenvalue weighted by molar-refractivity contribution is 8.00. The molecule has 2 aliphatic carbocycles. The van der Waals surface area contributed by atoms with E-state index in [1.54, 1.807) is 0 Å². The molecule has 3 nitrogen and oxygen atoms in total. The second-order valence-corrected chi connectivity index (χ2v) is 6.41. The lowest BCUT2D eigenvalue weighted by Crippen LogP contribution is -2.36. The van der Waals surface area contributed by atoms with Crippen molar-refractivity contribution in [1.82, 2.24) is 10.6 Å². The zero-order chi connectivity index (χ0) is 12.1. The molecule has 2 unspecified atom stereocenters. The number of hydrogen-bond acceptors (Lipinski definition) is 3. The Balaban J connectivity index is 1.64. The summed E-state index contributed by atoms with van der Waals surface area (Å²) in [4.78, 5) is 11.6. The largest absolute Gasteiger partial charge is 0.353 e. The lowest BCUT2D eigenvalue weighted by molar-refractivity contribution is -0.118. The van der Waals surface area contributed by atoms with Gasteiger partial charge < -0.3 is 10.6 Å². The molecule has 2 fully saturated rings. The van der Waals surface area contributed by atoms with Crippen LogP contribution in [-0.4, -0.2) is 35.5 Å². The zero-order valence-corrected chi connectivity index (χ0v) is 11.5. The molecule has 0 heterocycles. The van der Waals surface area contributed by atoms with E-state index < -0.39 is 0 Å². The molecule has 0 aliphatic heterocycles. The fourth-order valence-corrected chi connectivity index (χ4v) is 3.62. The molecule has 0 spiro atoms. The Kier molecular flexibility index (Phi) is 5.16. The lowest BCUT2D eigenvalue weighted by atomic mass is 10.2. The number of amides is 1. The van der Waals surface area contributed by atoms with Gasteiger partial charge in [0.25, 0.3) is 0 Å². The second-order valence-electron chi connectivity index (χ2n) is 5.18. The van der Waals surface area contributed by atoms with Crippen LogP contribution >= 0.6 is 11.8 Å². The molecule has 17 heavy (non-hydrogen) atoms. The summed E-state index contributed by atoms with van der Waals surface area (Å²) < 4.78 is 0. The fourth-order valence-electron chi connectivity index (χ4n) is 2.37. The topological polar surface area (TPSA) is 41.1 Å². The molecule has 0 radical (unpaired) electrons. The molecule has 98 valence electrons. The van der Waals surface area contributed by atoms with Gasteiger partial charge in [0.1, 0.15) is 0 Å². The Morgan fingerprint density at radius 3 is 2.82 bits per heavy atom. The van der Waals surface area contributed by atoms with Gasteiger partial charge in [0.15, 0.2) is 0 Å². The van der Waals surface area contributed by atoms with E-state index in [-0.39, 0.29) is 5.91 Å². The number of rotatable bonds is 7. The Hall–Kier alpha value is -0.220. The van der Waals surface area contributed by atoms with Gasteiger partial charge in [0.2, 0.25) is 5.91 Å². The standard InChI is InChI=1S/C13H24N2OS/c1-2-8-14-11-4-3-5-12(11)17-9-13(16)15-10-6-7-10/h10-12,14H,2-9H2,1H3,(H,15,16). The minimum absolute atomic E-state index is 0.235. The minimum atomic E-state index is 0.235. The monoisotopic (exact) mass is 256 g/mol. The van der Waals surface area contributed by atoms with E-state index in [0.29, 0.717) is 23.1 Å². The molecule has 0 aromatic rings. The van der Waals surface area contributed by atoms with Crippen LogP contribution < -0.4 is 10.6 Å². The van der Waals surface area contributed by atoms with Crippen LogP contribution in [0, 0.1) is 0 Å². The van der Waals surface area contributed by atoms with Crippen molar-refractivity contribution in [2.75, 3.05) is 12.3 Å². The van der Waals surface area contributed by atoms with E-state index in [9.17, 15) is 4.79 Å². The van der Waals surface area contributed by atoms with E-state index in [0.717, 1.165) is 6.54 Å². The summed E-state index contributed by atoms with van der Waals surface area (Å²) in [5.74, 6) is 0.879. The van der Waals surface area contributed by atoms with Crippen LogP contribution in [0.3, 0.4) is 0 Å². The van der Waals surface area contributed by atoms with Crippen molar-refractivity contribution in [2.45, 2.75) is 62.8 Å². The summed E-state index contributed by atoms with van der Waals surface area (Å²) in [6, 6.07) is 1.13. The van der Waals surface area contributed by atoms with Crippen molar-refractivity contribution < 1.29 is 4.79 Å². The van der Waals surface area contributed by atoms with E-state index >= 15 is 0 Å². The average molecular weight is 256 g/mol. The van der Waals surface area contributed by atoms with Gasteiger partial charge >= 0.3 is 0 Å². The molecule has 2 N–H and O–H groups in total. The molecule has 4 heteroatoms. The number of carbonyl (C=O) groups is 1. The van der Waals surface area contributed by atoms with Gasteiger partial charge in [-0.1, -0.05) is 13.3 Å². The highest BCUT2D eigenvalue weighted by atomic mass is 32.2. The van der Waals surface area contributed by atoms with Gasteiger partial charge in [-0.25, -0.2) is 0 Å². The first-order chi connectivity index (χ1) is 8.29. The van der Waals surface area contributed by atoms with Crippen LogP contribution in [0.2, 0.25) is 0 Å². The molecular formula is C13H24N2OS. The summed E-state index contributed by atoms with van der Waals surface area (Å²) in [6.07, 6.45) is 7.41. The molecule has 2 atom stereocenters. The zero-order valence-electron chi connectivity index (χ0n) is 10.7. The van der Waals surface area contributed by atoms with E-state index in [4.69, 9.17) is 0 Å². The first-order valence-corrected chi connectivity index (χ1v) is 7.99. The maximum atomic E-state index is 11.6. The summed E-state index contributed by atoms with van der Waals surface area (Å²) in [5, 5.41) is 7.31. The van der Waals surface area contributed by atoms with Gasteiger partial charge in [0.05, 0.1) is 5.75 Å². The highest BCUT2D eigenvalue weighted by Gasteiger charge is 2.28. The van der Waals surface area contributed by atoms with Gasteiger partial charge in [-0.3, -0.25) is 4.79 Å². The number of thioether (sulfide) groups is 1. The number of hydrogen-bond donors (Lipinski definition) is 2. The second kappa shape index (κ2) is 6.64. The Labute approximate surface area is 108 Å². The summed E-state index contributed by atoms with van der Waals surface area (Å²) >= 11 is 1.85. The molecule has 0 aromatic carbocycles. The third-order valence-electron chi connectivity index (χ3n) is 3.48. The molecule has 0 bridgehead atoms. The van der Waals surface area contributed by atoms with E-state index in [1.165, 1.54) is 38.5 Å². The van der Waals surface area contributed by atoms with Crippen molar-refractivity contribution in [2.24, 2.45) is 0 Å². The van der Waals surface area contributed by atoms with Crippen LogP contribution in [0.4, 0.5) is 0 Å². The lowest BCUT2D eigenvalue weighted by Gasteiger charge is -2.20. The van der Waals surface area contributed by atoms with Crippen molar-refractivity contribution >= 4 is 17.7 Å². The van der Waals surface area contributed by atoms with Crippen LogP contribution in [-0.2, 0) is 4.79 Å². The average Bonchev–Trinajstić information content (AvgIpc) is 3.01. The summed E-state index contributed by atoms with van der Waals surface area (Å²) in [7, 11) is 0. The maximum absolute atomic E-state index is 11.6. The Bertz CT molecular complexity index is 256. The maximum Gasteiger partial charge on any atom is 0.230 e. The van der Waals surface area contributed by atoms with Crippen molar-refractivity contribution in [3.8, 4) is 0 Å². The Morgan fingerprint density at radius 2 is 2.12 bits per heavy atom. The van der Waals surface area contributed by atoms with Gasteiger partial charge in [0, 0.05) is 17.3 Å². The van der Waals surface area contributed by atoms with Crippen molar-refractivity contribution in [1.29, 1.82) is 0 Å². The van der Waals surface area contributed by atoms with Crippen molar-refractivity contribution in [3.63, 3.8) is 0 Å². The number of nitrogens with one attached hydrogen (secondary N) is 2. The molecule has 2 saturated carbocycles. The fraction of sp³-hybridized carbons (Fsp3) is 0.923. The van der Waals surface area contributed by atoms with Crippen LogP contribution in [0.1, 0.15) is 45.4 Å². The smallest absolute Gasteiger partial charge is 0.230 e. The summed E-state index contributed by atoms with van der Waals surface area (Å²) in [5.41, 5.74) is 0. The molecular weight excluding hydrogens is 232 g/mol. The van der Waals surface area contributed by atoms with E-state index in [1.807, 2.05) is 11.8 Å². The molecule has 0 aromatic heterocycles. The normalized spacial score (nSPS) is 28.3. The molecule has 2 aliphatic rings. The van der Waals surface area contributed by atoms with Gasteiger partial charge in [-0.2, -0.15) is 0 Å². The van der Waals surface area contributed by atoms with Crippen LogP contribution in [0.5, 0.6) is 0 Å². The van der Waals surface area contributed by atoms with E-state index in [2.05, 4.69) is 17.6 Å². The van der Waals surface area contributed by atoms with Crippen LogP contribution in [0.25, 0.3) is 0 Å².